The third kappa shape index (κ3) is 4.66. The maximum Gasteiger partial charge on any atom is 0.241 e. The molecule has 2 aromatic carbocycles. The van der Waals surface area contributed by atoms with E-state index in [4.69, 9.17) is 27.9 Å². The van der Waals surface area contributed by atoms with Gasteiger partial charge in [0.05, 0.1) is 23.9 Å². The van der Waals surface area contributed by atoms with E-state index >= 15 is 0 Å². The van der Waals surface area contributed by atoms with Gasteiger partial charge in [-0.25, -0.2) is 0 Å². The lowest BCUT2D eigenvalue weighted by Gasteiger charge is -2.25. The number of nitrogens with zero attached hydrogens (tertiary/aromatic N) is 1. The van der Waals surface area contributed by atoms with Gasteiger partial charge in [-0.05, 0) is 62.7 Å². The van der Waals surface area contributed by atoms with Gasteiger partial charge in [-0.15, -0.1) is 0 Å². The highest BCUT2D eigenvalue weighted by atomic mass is 35.5. The third-order valence-corrected chi connectivity index (χ3v) is 5.46. The van der Waals surface area contributed by atoms with Crippen LogP contribution >= 0.6 is 23.2 Å². The van der Waals surface area contributed by atoms with Crippen molar-refractivity contribution in [3.05, 3.63) is 57.6 Å². The van der Waals surface area contributed by atoms with E-state index in [1.165, 1.54) is 6.92 Å². The highest BCUT2D eigenvalue weighted by Gasteiger charge is 2.31. The van der Waals surface area contributed by atoms with Crippen LogP contribution in [0.2, 0.25) is 10.0 Å². The Balaban J connectivity index is 1.77. The molecule has 0 saturated carbocycles. The van der Waals surface area contributed by atoms with E-state index < -0.39 is 0 Å². The zero-order valence-corrected chi connectivity index (χ0v) is 17.3. The molecule has 3 rings (SSSR count). The molecule has 0 spiro atoms. The van der Waals surface area contributed by atoms with E-state index in [1.807, 2.05) is 6.07 Å². The number of amides is 1. The highest BCUT2D eigenvalue weighted by Crippen LogP contribution is 2.29. The first-order chi connectivity index (χ1) is 13.4. The van der Waals surface area contributed by atoms with Gasteiger partial charge < -0.3 is 10.1 Å². The summed E-state index contributed by atoms with van der Waals surface area (Å²) in [5, 5.41) is 3.82. The minimum absolute atomic E-state index is 0.00278. The van der Waals surface area contributed by atoms with Crippen LogP contribution < -0.4 is 10.1 Å². The molecule has 1 heterocycles. The van der Waals surface area contributed by atoms with Crippen molar-refractivity contribution in [3.63, 3.8) is 0 Å². The van der Waals surface area contributed by atoms with Gasteiger partial charge in [0.15, 0.2) is 5.78 Å². The number of benzene rings is 2. The van der Waals surface area contributed by atoms with E-state index in [0.717, 1.165) is 24.9 Å². The SMILES string of the molecule is COc1ccc(C(C)=O)cc1CN1CCC[C@@H]1C(=O)Nc1ccc(Cl)cc1Cl. The number of carbonyl (C=O) groups excluding carboxylic acids is 2. The normalized spacial score (nSPS) is 16.8. The molecule has 1 aliphatic heterocycles. The van der Waals surface area contributed by atoms with Crippen molar-refractivity contribution in [1.82, 2.24) is 4.90 Å². The third-order valence-electron chi connectivity index (χ3n) is 4.92. The summed E-state index contributed by atoms with van der Waals surface area (Å²) in [5.41, 5.74) is 2.06. The van der Waals surface area contributed by atoms with Crippen LogP contribution in [0.1, 0.15) is 35.7 Å². The Labute approximate surface area is 174 Å². The van der Waals surface area contributed by atoms with Crippen molar-refractivity contribution in [2.75, 3.05) is 19.0 Å². The Morgan fingerprint density at radius 2 is 2.00 bits per heavy atom. The fourth-order valence-corrected chi connectivity index (χ4v) is 3.91. The summed E-state index contributed by atoms with van der Waals surface area (Å²) in [6.45, 7) is 2.85. The molecule has 0 aliphatic carbocycles. The van der Waals surface area contributed by atoms with Gasteiger partial charge in [-0.3, -0.25) is 14.5 Å². The summed E-state index contributed by atoms with van der Waals surface area (Å²) in [7, 11) is 1.60. The van der Waals surface area contributed by atoms with Gasteiger partial charge in [-0.2, -0.15) is 0 Å². The molecule has 148 valence electrons. The zero-order chi connectivity index (χ0) is 20.3. The van der Waals surface area contributed by atoms with Crippen molar-refractivity contribution in [1.29, 1.82) is 0 Å². The summed E-state index contributed by atoms with van der Waals surface area (Å²) in [6.07, 6.45) is 1.67. The van der Waals surface area contributed by atoms with Crippen LogP contribution in [0, 0.1) is 0 Å². The van der Waals surface area contributed by atoms with E-state index in [2.05, 4.69) is 10.2 Å². The number of carbonyl (C=O) groups is 2. The van der Waals surface area contributed by atoms with Crippen molar-refractivity contribution < 1.29 is 14.3 Å². The number of Topliss-reactive ketones (excluding diaryl/α,β-unsaturated/α-hetero) is 1. The molecule has 0 radical (unpaired) electrons. The largest absolute Gasteiger partial charge is 0.496 e. The van der Waals surface area contributed by atoms with Crippen LogP contribution in [0.25, 0.3) is 0 Å². The van der Waals surface area contributed by atoms with Gasteiger partial charge in [0, 0.05) is 22.7 Å². The summed E-state index contributed by atoms with van der Waals surface area (Å²) >= 11 is 12.1. The molecule has 5 nitrogen and oxygen atoms in total. The fourth-order valence-electron chi connectivity index (χ4n) is 3.46. The maximum atomic E-state index is 12.9. The van der Waals surface area contributed by atoms with Crippen molar-refractivity contribution >= 4 is 40.6 Å². The average molecular weight is 421 g/mol. The standard InChI is InChI=1S/C21H22Cl2N2O3/c1-13(26)14-5-8-20(28-2)15(10-14)12-25-9-3-4-19(25)21(27)24-18-7-6-16(22)11-17(18)23/h5-8,10-11,19H,3-4,9,12H2,1-2H3,(H,24,27)/t19-/m1/s1. The van der Waals surface area contributed by atoms with Crippen molar-refractivity contribution in [2.24, 2.45) is 0 Å². The summed E-state index contributed by atoms with van der Waals surface area (Å²) in [6, 6.07) is 10.1. The van der Waals surface area contributed by atoms with E-state index in [1.54, 1.807) is 37.4 Å². The molecule has 1 atom stereocenters. The molecule has 2 aromatic rings. The Kier molecular flexibility index (Phi) is 6.60. The first-order valence-electron chi connectivity index (χ1n) is 9.07. The molecule has 1 N–H and O–H groups in total. The maximum absolute atomic E-state index is 12.9. The minimum Gasteiger partial charge on any atom is -0.496 e. The molecular weight excluding hydrogens is 399 g/mol. The van der Waals surface area contributed by atoms with Crippen molar-refractivity contribution in [2.45, 2.75) is 32.4 Å². The van der Waals surface area contributed by atoms with Gasteiger partial charge in [0.25, 0.3) is 0 Å². The second kappa shape index (κ2) is 8.95. The predicted octanol–water partition coefficient (Wildman–Crippen LogP) is 4.81. The predicted molar refractivity (Wildman–Crippen MR) is 112 cm³/mol. The fraction of sp³-hybridized carbons (Fsp3) is 0.333. The van der Waals surface area contributed by atoms with Crippen LogP contribution in [-0.2, 0) is 11.3 Å². The average Bonchev–Trinajstić information content (AvgIpc) is 3.12. The lowest BCUT2D eigenvalue weighted by Crippen LogP contribution is -2.39. The van der Waals surface area contributed by atoms with Crippen LogP contribution in [0.5, 0.6) is 5.75 Å². The molecule has 1 saturated heterocycles. The van der Waals surface area contributed by atoms with Gasteiger partial charge in [0.2, 0.25) is 5.91 Å². The summed E-state index contributed by atoms with van der Waals surface area (Å²) < 4.78 is 5.44. The van der Waals surface area contributed by atoms with Gasteiger partial charge >= 0.3 is 0 Å². The quantitative estimate of drug-likeness (QED) is 0.681. The number of ketones is 1. The molecule has 0 unspecified atom stereocenters. The summed E-state index contributed by atoms with van der Waals surface area (Å²) in [5.74, 6) is 0.595. The van der Waals surface area contributed by atoms with E-state index in [-0.39, 0.29) is 17.7 Å². The Morgan fingerprint density at radius 3 is 2.68 bits per heavy atom. The number of likely N-dealkylation sites (tertiary alicyclic amines) is 1. The molecule has 0 aromatic heterocycles. The van der Waals surface area contributed by atoms with Crippen molar-refractivity contribution in [3.8, 4) is 5.75 Å². The van der Waals surface area contributed by atoms with Crippen LogP contribution in [0.15, 0.2) is 36.4 Å². The zero-order valence-electron chi connectivity index (χ0n) is 15.8. The second-order valence-electron chi connectivity index (χ2n) is 6.82. The number of hydrogen-bond acceptors (Lipinski definition) is 4. The van der Waals surface area contributed by atoms with Gasteiger partial charge in [-0.1, -0.05) is 23.2 Å². The number of nitrogens with one attached hydrogen (secondary N) is 1. The highest BCUT2D eigenvalue weighted by molar-refractivity contribution is 6.36. The Hall–Kier alpha value is -2.08. The number of methoxy groups -OCH3 is 1. The number of hydrogen-bond donors (Lipinski definition) is 1. The first-order valence-corrected chi connectivity index (χ1v) is 9.82. The molecular formula is C21H22Cl2N2O3. The lowest BCUT2D eigenvalue weighted by molar-refractivity contribution is -0.120. The van der Waals surface area contributed by atoms with Crippen LogP contribution in [0.3, 0.4) is 0 Å². The second-order valence-corrected chi connectivity index (χ2v) is 7.67. The summed E-state index contributed by atoms with van der Waals surface area (Å²) in [4.78, 5) is 26.7. The number of ether oxygens (including phenoxy) is 1. The Morgan fingerprint density at radius 1 is 1.21 bits per heavy atom. The topological polar surface area (TPSA) is 58.6 Å². The molecule has 1 aliphatic rings. The van der Waals surface area contributed by atoms with E-state index in [0.29, 0.717) is 33.6 Å². The number of anilines is 1. The lowest BCUT2D eigenvalue weighted by atomic mass is 10.1. The molecule has 0 bridgehead atoms. The Bertz CT molecular complexity index is 901. The molecule has 1 amide bonds. The minimum atomic E-state index is -0.280. The van der Waals surface area contributed by atoms with Crippen LogP contribution in [0.4, 0.5) is 5.69 Å². The molecule has 7 heteroatoms. The molecule has 1 fully saturated rings. The molecule has 28 heavy (non-hydrogen) atoms. The number of halogens is 2. The van der Waals surface area contributed by atoms with Crippen LogP contribution in [-0.4, -0.2) is 36.3 Å². The smallest absolute Gasteiger partial charge is 0.241 e. The first kappa shape index (κ1) is 20.6. The van der Waals surface area contributed by atoms with E-state index in [9.17, 15) is 9.59 Å². The van der Waals surface area contributed by atoms with Gasteiger partial charge in [0.1, 0.15) is 5.75 Å². The monoisotopic (exact) mass is 420 g/mol. The number of rotatable bonds is 6.